The van der Waals surface area contributed by atoms with Crippen LogP contribution in [0.3, 0.4) is 0 Å². The van der Waals surface area contributed by atoms with Gasteiger partial charge in [0.15, 0.2) is 0 Å². The third-order valence-corrected chi connectivity index (χ3v) is 3.75. The van der Waals surface area contributed by atoms with Crippen LogP contribution in [0.25, 0.3) is 0 Å². The molecule has 0 aromatic heterocycles. The molecule has 1 amide bonds. The number of nitrogens with one attached hydrogen (secondary N) is 2. The van der Waals surface area contributed by atoms with E-state index in [-0.39, 0.29) is 29.9 Å². The summed E-state index contributed by atoms with van der Waals surface area (Å²) in [5.74, 6) is -0.789. The minimum Gasteiger partial charge on any atom is -0.349 e. The SMILES string of the molecule is CNCCCC(=O)NC(Cc1cccc(F)c1)c1cccc(F)c1.Cl. The van der Waals surface area contributed by atoms with E-state index in [2.05, 4.69) is 10.6 Å². The standard InChI is InChI=1S/C19H22F2N2O.ClH/c1-22-10-4-9-19(24)23-18(15-6-3-8-17(21)13-15)12-14-5-2-7-16(20)11-14;/h2-3,5-8,11,13,18,22H,4,9-10,12H2,1H3,(H,23,24);1H. The normalized spacial score (nSPS) is 11.5. The third-order valence-electron chi connectivity index (χ3n) is 3.75. The molecule has 2 N–H and O–H groups in total. The average Bonchev–Trinajstić information content (AvgIpc) is 2.54. The predicted octanol–water partition coefficient (Wildman–Crippen LogP) is 3.79. The van der Waals surface area contributed by atoms with Crippen LogP contribution in [0.5, 0.6) is 0 Å². The number of amides is 1. The van der Waals surface area contributed by atoms with Gasteiger partial charge in [0.05, 0.1) is 6.04 Å². The lowest BCUT2D eigenvalue weighted by molar-refractivity contribution is -0.121. The Kier molecular flexibility index (Phi) is 9.10. The maximum atomic E-state index is 13.5. The number of carbonyl (C=O) groups excluding carboxylic acids is 1. The number of benzene rings is 2. The van der Waals surface area contributed by atoms with Crippen LogP contribution in [0.1, 0.15) is 30.0 Å². The van der Waals surface area contributed by atoms with Crippen molar-refractivity contribution in [3.63, 3.8) is 0 Å². The van der Waals surface area contributed by atoms with Crippen molar-refractivity contribution in [1.29, 1.82) is 0 Å². The number of halogens is 3. The molecule has 0 fully saturated rings. The predicted molar refractivity (Wildman–Crippen MR) is 97.8 cm³/mol. The van der Waals surface area contributed by atoms with Gasteiger partial charge in [0.25, 0.3) is 0 Å². The van der Waals surface area contributed by atoms with Gasteiger partial charge in [0, 0.05) is 6.42 Å². The zero-order valence-corrected chi connectivity index (χ0v) is 14.9. The quantitative estimate of drug-likeness (QED) is 0.696. The zero-order valence-electron chi connectivity index (χ0n) is 14.1. The molecule has 0 aliphatic carbocycles. The van der Waals surface area contributed by atoms with Crippen LogP contribution in [0.4, 0.5) is 8.78 Å². The molecule has 0 heterocycles. The van der Waals surface area contributed by atoms with Crippen LogP contribution in [0, 0.1) is 11.6 Å². The molecule has 0 saturated heterocycles. The second kappa shape index (κ2) is 10.8. The monoisotopic (exact) mass is 368 g/mol. The second-order valence-electron chi connectivity index (χ2n) is 5.72. The molecule has 2 aromatic carbocycles. The largest absolute Gasteiger partial charge is 0.349 e. The minimum atomic E-state index is -0.399. The van der Waals surface area contributed by atoms with Gasteiger partial charge in [-0.15, -0.1) is 12.4 Å². The molecule has 2 aromatic rings. The Morgan fingerprint density at radius 1 is 1.08 bits per heavy atom. The molecule has 0 radical (unpaired) electrons. The molecule has 25 heavy (non-hydrogen) atoms. The molecule has 2 rings (SSSR count). The molecule has 3 nitrogen and oxygen atoms in total. The van der Waals surface area contributed by atoms with Crippen molar-refractivity contribution in [2.24, 2.45) is 0 Å². The summed E-state index contributed by atoms with van der Waals surface area (Å²) >= 11 is 0. The Hall–Kier alpha value is -1.98. The highest BCUT2D eigenvalue weighted by Crippen LogP contribution is 2.20. The van der Waals surface area contributed by atoms with Crippen LogP contribution < -0.4 is 10.6 Å². The smallest absolute Gasteiger partial charge is 0.220 e. The van der Waals surface area contributed by atoms with Gasteiger partial charge in [0.1, 0.15) is 11.6 Å². The van der Waals surface area contributed by atoms with Crippen LogP contribution in [0.15, 0.2) is 48.5 Å². The summed E-state index contributed by atoms with van der Waals surface area (Å²) in [6.45, 7) is 0.752. The van der Waals surface area contributed by atoms with Gasteiger partial charge in [-0.3, -0.25) is 4.79 Å². The number of rotatable bonds is 8. The summed E-state index contributed by atoms with van der Waals surface area (Å²) < 4.78 is 26.9. The van der Waals surface area contributed by atoms with E-state index in [1.165, 1.54) is 24.3 Å². The highest BCUT2D eigenvalue weighted by Gasteiger charge is 2.16. The molecule has 136 valence electrons. The van der Waals surface area contributed by atoms with E-state index >= 15 is 0 Å². The lowest BCUT2D eigenvalue weighted by Crippen LogP contribution is -2.30. The van der Waals surface area contributed by atoms with Gasteiger partial charge >= 0.3 is 0 Å². The third kappa shape index (κ3) is 7.20. The molecular formula is C19H23ClF2N2O. The van der Waals surface area contributed by atoms with E-state index in [1.54, 1.807) is 24.3 Å². The van der Waals surface area contributed by atoms with E-state index in [9.17, 15) is 13.6 Å². The van der Waals surface area contributed by atoms with Crippen LogP contribution >= 0.6 is 12.4 Å². The second-order valence-corrected chi connectivity index (χ2v) is 5.72. The maximum Gasteiger partial charge on any atom is 0.220 e. The van der Waals surface area contributed by atoms with Crippen LogP contribution in [0.2, 0.25) is 0 Å². The Balaban J connectivity index is 0.00000312. The lowest BCUT2D eigenvalue weighted by atomic mass is 9.98. The maximum absolute atomic E-state index is 13.5. The topological polar surface area (TPSA) is 41.1 Å². The van der Waals surface area contributed by atoms with Gasteiger partial charge in [-0.05, 0) is 61.8 Å². The molecule has 1 unspecified atom stereocenters. The van der Waals surface area contributed by atoms with Crippen molar-refractivity contribution in [3.8, 4) is 0 Å². The first-order chi connectivity index (χ1) is 11.6. The molecule has 0 aliphatic heterocycles. The first kappa shape index (κ1) is 21.1. The molecule has 6 heteroatoms. The fourth-order valence-electron chi connectivity index (χ4n) is 2.57. The minimum absolute atomic E-state index is 0. The molecule has 0 bridgehead atoms. The number of carbonyl (C=O) groups is 1. The fraction of sp³-hybridized carbons (Fsp3) is 0.316. The molecular weight excluding hydrogens is 346 g/mol. The zero-order chi connectivity index (χ0) is 17.4. The summed E-state index contributed by atoms with van der Waals surface area (Å²) in [5, 5.41) is 5.92. The van der Waals surface area contributed by atoms with E-state index in [0.29, 0.717) is 18.4 Å². The molecule has 1 atom stereocenters. The van der Waals surface area contributed by atoms with E-state index in [0.717, 1.165) is 18.5 Å². The van der Waals surface area contributed by atoms with E-state index in [1.807, 2.05) is 7.05 Å². The van der Waals surface area contributed by atoms with Crippen molar-refractivity contribution in [2.45, 2.75) is 25.3 Å². The lowest BCUT2D eigenvalue weighted by Gasteiger charge is -2.20. The first-order valence-corrected chi connectivity index (χ1v) is 8.02. The molecule has 0 saturated carbocycles. The Bertz CT molecular complexity index is 682. The summed E-state index contributed by atoms with van der Waals surface area (Å²) in [7, 11) is 1.83. The van der Waals surface area contributed by atoms with E-state index in [4.69, 9.17) is 0 Å². The van der Waals surface area contributed by atoms with Gasteiger partial charge in [-0.2, -0.15) is 0 Å². The van der Waals surface area contributed by atoms with Crippen molar-refractivity contribution in [3.05, 3.63) is 71.3 Å². The highest BCUT2D eigenvalue weighted by atomic mass is 35.5. The van der Waals surface area contributed by atoms with Gasteiger partial charge in [-0.1, -0.05) is 24.3 Å². The highest BCUT2D eigenvalue weighted by molar-refractivity contribution is 5.85. The number of hydrogen-bond donors (Lipinski definition) is 2. The summed E-state index contributed by atoms with van der Waals surface area (Å²) in [6, 6.07) is 12.0. The van der Waals surface area contributed by atoms with Crippen molar-refractivity contribution >= 4 is 18.3 Å². The van der Waals surface area contributed by atoms with Gasteiger partial charge in [0.2, 0.25) is 5.91 Å². The molecule has 0 aliphatic rings. The van der Waals surface area contributed by atoms with Crippen molar-refractivity contribution < 1.29 is 13.6 Å². The Morgan fingerprint density at radius 2 is 1.76 bits per heavy atom. The summed E-state index contributed by atoms with van der Waals surface area (Å²) in [4.78, 5) is 12.1. The van der Waals surface area contributed by atoms with Crippen molar-refractivity contribution in [1.82, 2.24) is 10.6 Å². The molecule has 0 spiro atoms. The Morgan fingerprint density at radius 3 is 2.40 bits per heavy atom. The first-order valence-electron chi connectivity index (χ1n) is 8.02. The van der Waals surface area contributed by atoms with Gasteiger partial charge < -0.3 is 10.6 Å². The van der Waals surface area contributed by atoms with E-state index < -0.39 is 6.04 Å². The van der Waals surface area contributed by atoms with Crippen LogP contribution in [-0.4, -0.2) is 19.5 Å². The Labute approximate surface area is 153 Å². The van der Waals surface area contributed by atoms with Gasteiger partial charge in [-0.25, -0.2) is 8.78 Å². The summed E-state index contributed by atoms with van der Waals surface area (Å²) in [6.07, 6.45) is 1.51. The number of hydrogen-bond acceptors (Lipinski definition) is 2. The summed E-state index contributed by atoms with van der Waals surface area (Å²) in [5.41, 5.74) is 1.42. The average molecular weight is 369 g/mol. The fourth-order valence-corrected chi connectivity index (χ4v) is 2.57. The van der Waals surface area contributed by atoms with Crippen LogP contribution in [-0.2, 0) is 11.2 Å². The van der Waals surface area contributed by atoms with Crippen molar-refractivity contribution in [2.75, 3.05) is 13.6 Å².